The maximum atomic E-state index is 12.4. The monoisotopic (exact) mass is 312 g/mol. The highest BCUT2D eigenvalue weighted by molar-refractivity contribution is 5.35. The molecule has 0 heterocycles. The summed E-state index contributed by atoms with van der Waals surface area (Å²) in [5, 5.41) is 10.1. The normalized spacial score (nSPS) is 12.8. The first kappa shape index (κ1) is 16.2. The van der Waals surface area contributed by atoms with Crippen LogP contribution in [-0.2, 0) is 6.18 Å². The highest BCUT2D eigenvalue weighted by atomic mass is 19.4. The van der Waals surface area contributed by atoms with Crippen molar-refractivity contribution in [2.45, 2.75) is 12.3 Å². The van der Waals surface area contributed by atoms with Gasteiger partial charge in [-0.05, 0) is 30.3 Å². The second-order valence-electron chi connectivity index (χ2n) is 4.59. The lowest BCUT2D eigenvalue weighted by Crippen LogP contribution is -2.11. The van der Waals surface area contributed by atoms with Crippen LogP contribution in [0.4, 0.5) is 13.2 Å². The minimum absolute atomic E-state index is 0.0915. The first-order valence-electron chi connectivity index (χ1n) is 6.53. The molecule has 2 aromatic rings. The predicted molar refractivity (Wildman–Crippen MR) is 74.9 cm³/mol. The van der Waals surface area contributed by atoms with Gasteiger partial charge >= 0.3 is 6.18 Å². The van der Waals surface area contributed by atoms with Gasteiger partial charge in [0.2, 0.25) is 0 Å². The van der Waals surface area contributed by atoms with Crippen LogP contribution >= 0.6 is 0 Å². The summed E-state index contributed by atoms with van der Waals surface area (Å²) < 4.78 is 47.8. The Hall–Kier alpha value is -2.21. The maximum Gasteiger partial charge on any atom is 0.416 e. The van der Waals surface area contributed by atoms with E-state index in [1.54, 1.807) is 24.3 Å². The number of hydrogen-bond donors (Lipinski definition) is 1. The Morgan fingerprint density at radius 3 is 2.27 bits per heavy atom. The Morgan fingerprint density at radius 2 is 1.68 bits per heavy atom. The van der Waals surface area contributed by atoms with Crippen LogP contribution in [0.15, 0.2) is 48.5 Å². The molecule has 1 N–H and O–H groups in total. The molecule has 6 heteroatoms. The number of alkyl halides is 3. The van der Waals surface area contributed by atoms with Crippen molar-refractivity contribution in [2.75, 3.05) is 13.7 Å². The zero-order valence-corrected chi connectivity index (χ0v) is 11.8. The van der Waals surface area contributed by atoms with E-state index in [2.05, 4.69) is 0 Å². The van der Waals surface area contributed by atoms with Gasteiger partial charge in [0.1, 0.15) is 24.2 Å². The van der Waals surface area contributed by atoms with Crippen molar-refractivity contribution in [1.82, 2.24) is 0 Å². The van der Waals surface area contributed by atoms with E-state index in [1.807, 2.05) is 0 Å². The summed E-state index contributed by atoms with van der Waals surface area (Å²) >= 11 is 0. The molecule has 0 radical (unpaired) electrons. The zero-order valence-electron chi connectivity index (χ0n) is 11.8. The zero-order chi connectivity index (χ0) is 16.2. The molecule has 118 valence electrons. The summed E-state index contributed by atoms with van der Waals surface area (Å²) in [6.45, 7) is -0.0915. The summed E-state index contributed by atoms with van der Waals surface area (Å²) in [7, 11) is 1.49. The van der Waals surface area contributed by atoms with E-state index in [4.69, 9.17) is 9.47 Å². The molecule has 0 fully saturated rings. The molecule has 2 rings (SSSR count). The molecule has 1 unspecified atom stereocenters. The molecular formula is C16H15F3O3. The molecule has 0 aliphatic heterocycles. The first-order valence-corrected chi connectivity index (χ1v) is 6.53. The second kappa shape index (κ2) is 6.70. The van der Waals surface area contributed by atoms with E-state index >= 15 is 0 Å². The Bertz CT molecular complexity index is 609. The molecule has 0 bridgehead atoms. The van der Waals surface area contributed by atoms with Crippen molar-refractivity contribution in [3.63, 3.8) is 0 Å². The van der Waals surface area contributed by atoms with Crippen LogP contribution in [0, 0.1) is 0 Å². The number of aliphatic hydroxyl groups is 1. The van der Waals surface area contributed by atoms with Gasteiger partial charge in [-0.2, -0.15) is 13.2 Å². The van der Waals surface area contributed by atoms with Gasteiger partial charge < -0.3 is 14.6 Å². The van der Waals surface area contributed by atoms with Gasteiger partial charge in [-0.15, -0.1) is 0 Å². The minimum Gasteiger partial charge on any atom is -0.496 e. The number of rotatable bonds is 5. The number of aliphatic hydroxyl groups excluding tert-OH is 1. The summed E-state index contributed by atoms with van der Waals surface area (Å²) in [5.74, 6) is 0.771. The molecule has 0 aliphatic carbocycles. The third kappa shape index (κ3) is 3.92. The number of ether oxygens (including phenoxy) is 2. The van der Waals surface area contributed by atoms with E-state index in [-0.39, 0.29) is 12.4 Å². The lowest BCUT2D eigenvalue weighted by atomic mass is 10.1. The largest absolute Gasteiger partial charge is 0.496 e. The predicted octanol–water partition coefficient (Wildman–Crippen LogP) is 3.83. The molecule has 0 aromatic heterocycles. The molecule has 1 atom stereocenters. The average Bonchev–Trinajstić information content (AvgIpc) is 2.52. The minimum atomic E-state index is -4.38. The molecule has 2 aromatic carbocycles. The van der Waals surface area contributed by atoms with E-state index in [9.17, 15) is 18.3 Å². The number of hydrogen-bond acceptors (Lipinski definition) is 3. The third-order valence-corrected chi connectivity index (χ3v) is 3.09. The Morgan fingerprint density at radius 1 is 1.05 bits per heavy atom. The number of halogens is 3. The number of methoxy groups -OCH3 is 1. The van der Waals surface area contributed by atoms with Crippen LogP contribution in [0.2, 0.25) is 0 Å². The van der Waals surface area contributed by atoms with Crippen molar-refractivity contribution < 1.29 is 27.8 Å². The molecule has 0 aliphatic rings. The third-order valence-electron chi connectivity index (χ3n) is 3.09. The number of benzene rings is 2. The van der Waals surface area contributed by atoms with E-state index in [0.29, 0.717) is 11.3 Å². The summed E-state index contributed by atoms with van der Waals surface area (Å²) in [6, 6.07) is 11.2. The van der Waals surface area contributed by atoms with Crippen molar-refractivity contribution in [3.8, 4) is 11.5 Å². The fourth-order valence-electron chi connectivity index (χ4n) is 1.95. The van der Waals surface area contributed by atoms with Crippen LogP contribution in [0.3, 0.4) is 0 Å². The molecule has 3 nitrogen and oxygen atoms in total. The van der Waals surface area contributed by atoms with Crippen LogP contribution in [0.1, 0.15) is 17.2 Å². The van der Waals surface area contributed by atoms with Gasteiger partial charge in [0.15, 0.2) is 0 Å². The summed E-state index contributed by atoms with van der Waals surface area (Å²) in [4.78, 5) is 0. The maximum absolute atomic E-state index is 12.4. The van der Waals surface area contributed by atoms with Crippen molar-refractivity contribution in [1.29, 1.82) is 0 Å². The van der Waals surface area contributed by atoms with Crippen molar-refractivity contribution >= 4 is 0 Å². The van der Waals surface area contributed by atoms with Gasteiger partial charge in [-0.25, -0.2) is 0 Å². The van der Waals surface area contributed by atoms with E-state index in [0.717, 1.165) is 12.1 Å². The highest BCUT2D eigenvalue weighted by Gasteiger charge is 2.30. The Labute approximate surface area is 125 Å². The van der Waals surface area contributed by atoms with Crippen LogP contribution < -0.4 is 9.47 Å². The van der Waals surface area contributed by atoms with Gasteiger partial charge in [-0.3, -0.25) is 0 Å². The van der Waals surface area contributed by atoms with E-state index < -0.39 is 17.8 Å². The molecular weight excluding hydrogens is 297 g/mol. The fraction of sp³-hybridized carbons (Fsp3) is 0.250. The molecule has 0 saturated heterocycles. The summed E-state index contributed by atoms with van der Waals surface area (Å²) in [5.41, 5.74) is -0.193. The van der Waals surface area contributed by atoms with Gasteiger partial charge in [0.25, 0.3) is 0 Å². The van der Waals surface area contributed by atoms with Crippen LogP contribution in [0.5, 0.6) is 11.5 Å². The van der Waals surface area contributed by atoms with Crippen LogP contribution in [-0.4, -0.2) is 18.8 Å². The quantitative estimate of drug-likeness (QED) is 0.912. The first-order chi connectivity index (χ1) is 10.4. The SMILES string of the molecule is COc1ccccc1C(O)COc1ccc(C(F)(F)F)cc1. The van der Waals surface area contributed by atoms with Crippen molar-refractivity contribution in [3.05, 3.63) is 59.7 Å². The molecule has 0 spiro atoms. The van der Waals surface area contributed by atoms with E-state index in [1.165, 1.54) is 19.2 Å². The Kier molecular flexibility index (Phi) is 4.92. The summed E-state index contributed by atoms with van der Waals surface area (Å²) in [6.07, 6.45) is -5.33. The molecule has 0 amide bonds. The fourth-order valence-corrected chi connectivity index (χ4v) is 1.95. The Balaban J connectivity index is 2.00. The topological polar surface area (TPSA) is 38.7 Å². The van der Waals surface area contributed by atoms with Gasteiger partial charge in [0.05, 0.1) is 12.7 Å². The lowest BCUT2D eigenvalue weighted by Gasteiger charge is -2.16. The average molecular weight is 312 g/mol. The standard InChI is InChI=1S/C16H15F3O3/c1-21-15-5-3-2-4-13(15)14(20)10-22-12-8-6-11(7-9-12)16(17,18)19/h2-9,14,20H,10H2,1H3. The molecule has 0 saturated carbocycles. The van der Waals surface area contributed by atoms with Crippen molar-refractivity contribution in [2.24, 2.45) is 0 Å². The molecule has 22 heavy (non-hydrogen) atoms. The van der Waals surface area contributed by atoms with Crippen LogP contribution in [0.25, 0.3) is 0 Å². The number of para-hydroxylation sites is 1. The van der Waals surface area contributed by atoms with Gasteiger partial charge in [0, 0.05) is 5.56 Å². The highest BCUT2D eigenvalue weighted by Crippen LogP contribution is 2.30. The second-order valence-corrected chi connectivity index (χ2v) is 4.59. The lowest BCUT2D eigenvalue weighted by molar-refractivity contribution is -0.137. The smallest absolute Gasteiger partial charge is 0.416 e. The van der Waals surface area contributed by atoms with Gasteiger partial charge in [-0.1, -0.05) is 18.2 Å².